The van der Waals surface area contributed by atoms with Gasteiger partial charge in [-0.25, -0.2) is 4.79 Å². The molecule has 0 unspecified atom stereocenters. The highest BCUT2D eigenvalue weighted by molar-refractivity contribution is 7.10. The molecule has 0 spiro atoms. The first kappa shape index (κ1) is 14.6. The molecule has 0 atom stereocenters. The second-order valence-electron chi connectivity index (χ2n) is 5.25. The number of fused-ring (bicyclic) bond motifs is 1. The summed E-state index contributed by atoms with van der Waals surface area (Å²) in [6.45, 7) is 0. The van der Waals surface area contributed by atoms with Crippen molar-refractivity contribution in [1.29, 1.82) is 0 Å². The minimum absolute atomic E-state index is 0.231. The van der Waals surface area contributed by atoms with Crippen LogP contribution in [0.1, 0.15) is 44.0 Å². The standard InChI is InChI=1S/C16H15NO4S/c18-13-6-5-9(7-11(13)16(20)21)17-15(19)12-8-22-14-4-2-1-3-10(12)14/h5-8,18H,1-4H2,(H,17,19)(H,20,21). The molecule has 1 amide bonds. The predicted octanol–water partition coefficient (Wildman–Crippen LogP) is 3.28. The Kier molecular flexibility index (Phi) is 3.85. The third-order valence-corrected chi connectivity index (χ3v) is 4.88. The zero-order valence-corrected chi connectivity index (χ0v) is 12.6. The number of thiophene rings is 1. The van der Waals surface area contributed by atoms with Gasteiger partial charge >= 0.3 is 5.97 Å². The van der Waals surface area contributed by atoms with Crippen molar-refractivity contribution in [3.63, 3.8) is 0 Å². The Hall–Kier alpha value is -2.34. The molecular weight excluding hydrogens is 302 g/mol. The van der Waals surface area contributed by atoms with Gasteiger partial charge < -0.3 is 15.5 Å². The number of aromatic carboxylic acids is 1. The molecule has 6 heteroatoms. The molecule has 1 heterocycles. The summed E-state index contributed by atoms with van der Waals surface area (Å²) in [6, 6.07) is 4.01. The molecular formula is C16H15NO4S. The van der Waals surface area contributed by atoms with Gasteiger partial charge in [0.15, 0.2) is 0 Å². The first-order valence-corrected chi connectivity index (χ1v) is 7.91. The second kappa shape index (κ2) is 5.81. The molecule has 5 nitrogen and oxygen atoms in total. The van der Waals surface area contributed by atoms with E-state index in [1.165, 1.54) is 23.1 Å². The maximum atomic E-state index is 12.4. The number of hydrogen-bond acceptors (Lipinski definition) is 4. The van der Waals surface area contributed by atoms with Crippen LogP contribution in [0, 0.1) is 0 Å². The fourth-order valence-electron chi connectivity index (χ4n) is 2.67. The third-order valence-electron chi connectivity index (χ3n) is 3.79. The van der Waals surface area contributed by atoms with Crippen LogP contribution in [0.25, 0.3) is 0 Å². The van der Waals surface area contributed by atoms with Gasteiger partial charge in [0.05, 0.1) is 5.56 Å². The highest BCUT2D eigenvalue weighted by Crippen LogP contribution is 2.31. The quantitative estimate of drug-likeness (QED) is 0.758. The second-order valence-corrected chi connectivity index (χ2v) is 6.21. The van der Waals surface area contributed by atoms with E-state index in [1.54, 1.807) is 11.3 Å². The Morgan fingerprint density at radius 1 is 1.14 bits per heavy atom. The predicted molar refractivity (Wildman–Crippen MR) is 84.0 cm³/mol. The van der Waals surface area contributed by atoms with Crippen LogP contribution in [0.5, 0.6) is 5.75 Å². The van der Waals surface area contributed by atoms with Crippen LogP contribution in [0.2, 0.25) is 0 Å². The van der Waals surface area contributed by atoms with Crippen molar-refractivity contribution in [3.05, 3.63) is 45.1 Å². The van der Waals surface area contributed by atoms with Crippen LogP contribution in [-0.4, -0.2) is 22.1 Å². The SMILES string of the molecule is O=C(O)c1cc(NC(=O)c2csc3c2CCCC3)ccc1O. The molecule has 0 saturated carbocycles. The summed E-state index contributed by atoms with van der Waals surface area (Å²) >= 11 is 1.61. The van der Waals surface area contributed by atoms with E-state index in [0.29, 0.717) is 11.3 Å². The summed E-state index contributed by atoms with van der Waals surface area (Å²) in [5.41, 5.74) is 1.91. The van der Waals surface area contributed by atoms with Crippen molar-refractivity contribution >= 4 is 28.9 Å². The summed E-state index contributed by atoms with van der Waals surface area (Å²) in [5.74, 6) is -1.79. The third kappa shape index (κ3) is 2.69. The number of rotatable bonds is 3. The minimum atomic E-state index is -1.23. The summed E-state index contributed by atoms with van der Waals surface area (Å²) in [6.07, 6.45) is 4.19. The lowest BCUT2D eigenvalue weighted by Crippen LogP contribution is -2.15. The van der Waals surface area contributed by atoms with E-state index in [4.69, 9.17) is 5.11 Å². The molecule has 1 aliphatic rings. The van der Waals surface area contributed by atoms with Crippen LogP contribution >= 0.6 is 11.3 Å². The van der Waals surface area contributed by atoms with Crippen LogP contribution < -0.4 is 5.32 Å². The van der Waals surface area contributed by atoms with Crippen LogP contribution in [0.3, 0.4) is 0 Å². The minimum Gasteiger partial charge on any atom is -0.507 e. The topological polar surface area (TPSA) is 86.6 Å². The molecule has 0 bridgehead atoms. The Balaban J connectivity index is 1.84. The fourth-order valence-corrected chi connectivity index (χ4v) is 3.79. The molecule has 0 radical (unpaired) electrons. The van der Waals surface area contributed by atoms with Crippen molar-refractivity contribution in [2.24, 2.45) is 0 Å². The molecule has 3 N–H and O–H groups in total. The van der Waals surface area contributed by atoms with Gasteiger partial charge in [0, 0.05) is 15.9 Å². The van der Waals surface area contributed by atoms with Gasteiger partial charge in [0.25, 0.3) is 5.91 Å². The maximum absolute atomic E-state index is 12.4. The Morgan fingerprint density at radius 3 is 2.68 bits per heavy atom. The van der Waals surface area contributed by atoms with Gasteiger partial charge in [-0.1, -0.05) is 0 Å². The highest BCUT2D eigenvalue weighted by atomic mass is 32.1. The lowest BCUT2D eigenvalue weighted by molar-refractivity contribution is 0.0693. The molecule has 1 aromatic heterocycles. The molecule has 114 valence electrons. The van der Waals surface area contributed by atoms with Crippen molar-refractivity contribution in [2.75, 3.05) is 5.32 Å². The van der Waals surface area contributed by atoms with Gasteiger partial charge in [0.1, 0.15) is 11.3 Å². The van der Waals surface area contributed by atoms with Gasteiger partial charge in [-0.3, -0.25) is 4.79 Å². The fraction of sp³-hybridized carbons (Fsp3) is 0.250. The number of phenols is 1. The van der Waals surface area contributed by atoms with Gasteiger partial charge in [0.2, 0.25) is 0 Å². The molecule has 0 aliphatic heterocycles. The molecule has 1 aliphatic carbocycles. The number of carbonyl (C=O) groups is 2. The Bertz CT molecular complexity index is 751. The van der Waals surface area contributed by atoms with Crippen LogP contribution in [0.4, 0.5) is 5.69 Å². The summed E-state index contributed by atoms with van der Waals surface area (Å²) < 4.78 is 0. The number of benzene rings is 1. The number of carboxylic acids is 1. The summed E-state index contributed by atoms with van der Waals surface area (Å²) in [4.78, 5) is 24.7. The van der Waals surface area contributed by atoms with E-state index >= 15 is 0 Å². The average molecular weight is 317 g/mol. The monoisotopic (exact) mass is 317 g/mol. The number of amides is 1. The van der Waals surface area contributed by atoms with E-state index in [2.05, 4.69) is 5.32 Å². The largest absolute Gasteiger partial charge is 0.507 e. The molecule has 2 aromatic rings. The van der Waals surface area contributed by atoms with Crippen LogP contribution in [0.15, 0.2) is 23.6 Å². The molecule has 0 saturated heterocycles. The summed E-state index contributed by atoms with van der Waals surface area (Å²) in [7, 11) is 0. The number of nitrogens with one attached hydrogen (secondary N) is 1. The number of anilines is 1. The Labute approximate surface area is 131 Å². The number of carbonyl (C=O) groups excluding carboxylic acids is 1. The lowest BCUT2D eigenvalue weighted by Gasteiger charge is -2.13. The zero-order valence-electron chi connectivity index (χ0n) is 11.8. The van der Waals surface area contributed by atoms with Crippen molar-refractivity contribution < 1.29 is 19.8 Å². The zero-order chi connectivity index (χ0) is 15.7. The number of aryl methyl sites for hydroxylation is 1. The summed E-state index contributed by atoms with van der Waals surface area (Å²) in [5, 5.41) is 23.1. The van der Waals surface area contributed by atoms with E-state index in [9.17, 15) is 14.7 Å². The molecule has 22 heavy (non-hydrogen) atoms. The van der Waals surface area contributed by atoms with Gasteiger partial charge in [-0.15, -0.1) is 11.3 Å². The number of hydrogen-bond donors (Lipinski definition) is 3. The van der Waals surface area contributed by atoms with Gasteiger partial charge in [-0.2, -0.15) is 0 Å². The van der Waals surface area contributed by atoms with E-state index in [0.717, 1.165) is 31.2 Å². The number of carboxylic acid groups (broad SMARTS) is 1. The normalized spacial score (nSPS) is 13.5. The highest BCUT2D eigenvalue weighted by Gasteiger charge is 2.20. The first-order valence-electron chi connectivity index (χ1n) is 7.03. The first-order chi connectivity index (χ1) is 10.6. The van der Waals surface area contributed by atoms with Crippen molar-refractivity contribution in [1.82, 2.24) is 0 Å². The molecule has 0 fully saturated rings. The van der Waals surface area contributed by atoms with Crippen molar-refractivity contribution in [3.8, 4) is 5.75 Å². The maximum Gasteiger partial charge on any atom is 0.339 e. The van der Waals surface area contributed by atoms with Crippen molar-refractivity contribution in [2.45, 2.75) is 25.7 Å². The van der Waals surface area contributed by atoms with Crippen LogP contribution in [-0.2, 0) is 12.8 Å². The molecule has 3 rings (SSSR count). The van der Waals surface area contributed by atoms with E-state index in [-0.39, 0.29) is 17.2 Å². The molecule has 1 aromatic carbocycles. The van der Waals surface area contributed by atoms with E-state index in [1.807, 2.05) is 5.38 Å². The van der Waals surface area contributed by atoms with Gasteiger partial charge in [-0.05, 0) is 49.4 Å². The average Bonchev–Trinajstić information content (AvgIpc) is 2.93. The van der Waals surface area contributed by atoms with E-state index < -0.39 is 5.97 Å². The smallest absolute Gasteiger partial charge is 0.339 e. The Morgan fingerprint density at radius 2 is 1.91 bits per heavy atom. The number of aromatic hydroxyl groups is 1. The lowest BCUT2D eigenvalue weighted by atomic mass is 9.95.